The minimum absolute atomic E-state index is 0.0243. The van der Waals surface area contributed by atoms with E-state index in [0.29, 0.717) is 19.6 Å². The predicted octanol–water partition coefficient (Wildman–Crippen LogP) is 1.66. The zero-order valence-electron chi connectivity index (χ0n) is 13.0. The van der Waals surface area contributed by atoms with E-state index < -0.39 is 15.1 Å². The summed E-state index contributed by atoms with van der Waals surface area (Å²) in [6.07, 6.45) is 5.00. The van der Waals surface area contributed by atoms with E-state index in [2.05, 4.69) is 0 Å². The fourth-order valence-electron chi connectivity index (χ4n) is 4.02. The van der Waals surface area contributed by atoms with Crippen LogP contribution >= 0.6 is 11.3 Å². The van der Waals surface area contributed by atoms with Crippen LogP contribution in [0.25, 0.3) is 0 Å². The Hall–Kier alpha value is -0.920. The van der Waals surface area contributed by atoms with Crippen LogP contribution in [0.15, 0.2) is 5.38 Å². The molecule has 1 aromatic rings. The van der Waals surface area contributed by atoms with Gasteiger partial charge < -0.3 is 9.64 Å². The summed E-state index contributed by atoms with van der Waals surface area (Å²) in [5.41, 5.74) is 2.03. The Kier molecular flexibility index (Phi) is 3.98. The maximum atomic E-state index is 13.1. The van der Waals surface area contributed by atoms with Crippen molar-refractivity contribution in [1.29, 1.82) is 0 Å². The van der Waals surface area contributed by atoms with Gasteiger partial charge in [0, 0.05) is 23.4 Å². The fourth-order valence-corrected chi connectivity index (χ4v) is 6.96. The van der Waals surface area contributed by atoms with Crippen molar-refractivity contribution in [2.24, 2.45) is 0 Å². The monoisotopic (exact) mass is 355 g/mol. The number of amides is 1. The lowest BCUT2D eigenvalue weighted by Crippen LogP contribution is -2.60. The third kappa shape index (κ3) is 2.62. The quantitative estimate of drug-likeness (QED) is 0.768. The van der Waals surface area contributed by atoms with E-state index >= 15 is 0 Å². The molecule has 2 aliphatic heterocycles. The first-order valence-electron chi connectivity index (χ1n) is 8.27. The molecule has 0 bridgehead atoms. The number of sulfone groups is 1. The third-order valence-corrected chi connectivity index (χ3v) is 8.51. The lowest BCUT2D eigenvalue weighted by atomic mass is 9.95. The zero-order chi connectivity index (χ0) is 16.0. The van der Waals surface area contributed by atoms with Gasteiger partial charge in [-0.1, -0.05) is 0 Å². The van der Waals surface area contributed by atoms with Gasteiger partial charge >= 0.3 is 0 Å². The molecule has 2 saturated heterocycles. The Morgan fingerprint density at radius 1 is 1.30 bits per heavy atom. The summed E-state index contributed by atoms with van der Waals surface area (Å²) in [6, 6.07) is -0.228. The molecule has 1 aromatic heterocycles. The number of nitrogens with zero attached hydrogens (tertiary/aromatic N) is 1. The molecule has 0 radical (unpaired) electrons. The van der Waals surface area contributed by atoms with Gasteiger partial charge in [0.05, 0.1) is 24.0 Å². The first-order chi connectivity index (χ1) is 11.1. The van der Waals surface area contributed by atoms with E-state index in [1.165, 1.54) is 16.9 Å². The molecular formula is C16H21NO4S2. The van der Waals surface area contributed by atoms with Crippen LogP contribution in [-0.4, -0.2) is 56.0 Å². The second-order valence-corrected chi connectivity index (χ2v) is 9.90. The predicted molar refractivity (Wildman–Crippen MR) is 88.8 cm³/mol. The Bertz CT molecular complexity index is 724. The molecule has 0 aromatic carbocycles. The van der Waals surface area contributed by atoms with E-state index in [0.717, 1.165) is 24.8 Å². The normalized spacial score (nSPS) is 29.7. The van der Waals surface area contributed by atoms with Gasteiger partial charge in [-0.25, -0.2) is 8.42 Å². The Balaban J connectivity index is 1.64. The van der Waals surface area contributed by atoms with Gasteiger partial charge in [0.15, 0.2) is 9.84 Å². The molecule has 0 spiro atoms. The number of aryl methyl sites for hydroxylation is 1. The van der Waals surface area contributed by atoms with Crippen molar-refractivity contribution in [3.05, 3.63) is 21.4 Å². The summed E-state index contributed by atoms with van der Waals surface area (Å²) in [4.78, 5) is 16.2. The van der Waals surface area contributed by atoms with Crippen LogP contribution in [0.4, 0.5) is 0 Å². The largest absolute Gasteiger partial charge is 0.380 e. The molecule has 2 atom stereocenters. The SMILES string of the molecule is O=C(c1csc2c1CCCC2)N1CCS(=O)(=O)[C@H]2COCC[C@H]21. The lowest BCUT2D eigenvalue weighted by Gasteiger charge is -2.43. The highest BCUT2D eigenvalue weighted by Gasteiger charge is 2.45. The van der Waals surface area contributed by atoms with Gasteiger partial charge in [-0.3, -0.25) is 4.79 Å². The molecule has 23 heavy (non-hydrogen) atoms. The number of hydrogen-bond donors (Lipinski definition) is 0. The van der Waals surface area contributed by atoms with Crippen LogP contribution in [0, 0.1) is 0 Å². The number of fused-ring (bicyclic) bond motifs is 2. The highest BCUT2D eigenvalue weighted by atomic mass is 32.2. The molecule has 1 aliphatic carbocycles. The van der Waals surface area contributed by atoms with E-state index in [1.54, 1.807) is 11.3 Å². The number of ether oxygens (including phenoxy) is 1. The standard InChI is InChI=1S/C16H21NO4S2/c18-16(12-10-22-14-4-2-1-3-11(12)14)17-6-8-23(19,20)15-9-21-7-5-13(15)17/h10,13,15H,1-9H2/t13-,15+/m1/s1. The van der Waals surface area contributed by atoms with Crippen molar-refractivity contribution in [3.63, 3.8) is 0 Å². The molecule has 7 heteroatoms. The van der Waals surface area contributed by atoms with Crippen molar-refractivity contribution in [2.75, 3.05) is 25.5 Å². The molecule has 3 aliphatic rings. The number of carbonyl (C=O) groups is 1. The number of rotatable bonds is 1. The van der Waals surface area contributed by atoms with Crippen molar-refractivity contribution >= 4 is 27.1 Å². The molecule has 2 fully saturated rings. The molecule has 3 heterocycles. The van der Waals surface area contributed by atoms with Gasteiger partial charge in [-0.05, 0) is 37.7 Å². The minimum atomic E-state index is -3.15. The lowest BCUT2D eigenvalue weighted by molar-refractivity contribution is 0.0293. The summed E-state index contributed by atoms with van der Waals surface area (Å²) >= 11 is 1.68. The van der Waals surface area contributed by atoms with Gasteiger partial charge in [0.2, 0.25) is 0 Å². The minimum Gasteiger partial charge on any atom is -0.380 e. The summed E-state index contributed by atoms with van der Waals surface area (Å²) in [5, 5.41) is 1.43. The summed E-state index contributed by atoms with van der Waals surface area (Å²) in [7, 11) is -3.15. The topological polar surface area (TPSA) is 63.7 Å². The van der Waals surface area contributed by atoms with Crippen LogP contribution in [0.3, 0.4) is 0 Å². The first kappa shape index (κ1) is 15.6. The molecule has 5 nitrogen and oxygen atoms in total. The zero-order valence-corrected chi connectivity index (χ0v) is 14.6. The molecule has 0 N–H and O–H groups in total. The first-order valence-corrected chi connectivity index (χ1v) is 10.9. The van der Waals surface area contributed by atoms with E-state index in [4.69, 9.17) is 4.74 Å². The Morgan fingerprint density at radius 2 is 2.13 bits per heavy atom. The van der Waals surface area contributed by atoms with Crippen molar-refractivity contribution < 1.29 is 17.9 Å². The van der Waals surface area contributed by atoms with Crippen LogP contribution < -0.4 is 0 Å². The molecule has 0 unspecified atom stereocenters. The van der Waals surface area contributed by atoms with Crippen molar-refractivity contribution in [1.82, 2.24) is 4.90 Å². The van der Waals surface area contributed by atoms with Gasteiger partial charge in [0.1, 0.15) is 5.25 Å². The number of carbonyl (C=O) groups excluding carboxylic acids is 1. The summed E-state index contributed by atoms with van der Waals surface area (Å²) in [6.45, 7) is 1.06. The summed E-state index contributed by atoms with van der Waals surface area (Å²) < 4.78 is 29.9. The maximum Gasteiger partial charge on any atom is 0.255 e. The van der Waals surface area contributed by atoms with Crippen LogP contribution in [0.5, 0.6) is 0 Å². The highest BCUT2D eigenvalue weighted by molar-refractivity contribution is 7.92. The van der Waals surface area contributed by atoms with E-state index in [1.807, 2.05) is 10.3 Å². The third-order valence-electron chi connectivity index (χ3n) is 5.30. The maximum absolute atomic E-state index is 13.1. The second kappa shape index (κ2) is 5.86. The molecule has 0 saturated carbocycles. The Labute approximate surface area is 140 Å². The van der Waals surface area contributed by atoms with E-state index in [9.17, 15) is 13.2 Å². The second-order valence-electron chi connectivity index (χ2n) is 6.59. The Morgan fingerprint density at radius 3 is 3.00 bits per heavy atom. The summed E-state index contributed by atoms with van der Waals surface area (Å²) in [5.74, 6) is 0.0754. The fraction of sp³-hybridized carbons (Fsp3) is 0.688. The number of thiophene rings is 1. The van der Waals surface area contributed by atoms with Crippen LogP contribution in [0.1, 0.15) is 40.1 Å². The highest BCUT2D eigenvalue weighted by Crippen LogP contribution is 2.33. The van der Waals surface area contributed by atoms with Gasteiger partial charge in [0.25, 0.3) is 5.91 Å². The van der Waals surface area contributed by atoms with Crippen molar-refractivity contribution in [2.45, 2.75) is 43.4 Å². The average Bonchev–Trinajstić information content (AvgIpc) is 2.99. The molecule has 1 amide bonds. The van der Waals surface area contributed by atoms with Crippen molar-refractivity contribution in [3.8, 4) is 0 Å². The van der Waals surface area contributed by atoms with E-state index in [-0.39, 0.29) is 24.3 Å². The van der Waals surface area contributed by atoms with Gasteiger partial charge in [-0.2, -0.15) is 0 Å². The molecule has 4 rings (SSSR count). The van der Waals surface area contributed by atoms with Crippen LogP contribution in [-0.2, 0) is 27.4 Å². The van der Waals surface area contributed by atoms with Gasteiger partial charge in [-0.15, -0.1) is 11.3 Å². The average molecular weight is 355 g/mol. The smallest absolute Gasteiger partial charge is 0.255 e. The molecule has 126 valence electrons. The number of hydrogen-bond acceptors (Lipinski definition) is 5. The van der Waals surface area contributed by atoms with Crippen LogP contribution in [0.2, 0.25) is 0 Å². The molecular weight excluding hydrogens is 334 g/mol.